The number of rotatable bonds is 9. The van der Waals surface area contributed by atoms with E-state index in [-0.39, 0.29) is 24.4 Å². The van der Waals surface area contributed by atoms with Gasteiger partial charge in [0.1, 0.15) is 18.5 Å². The maximum atomic E-state index is 13.8. The molecule has 8 rings (SSSR count). The summed E-state index contributed by atoms with van der Waals surface area (Å²) in [4.78, 5) is 35.2. The summed E-state index contributed by atoms with van der Waals surface area (Å²) >= 11 is 0. The van der Waals surface area contributed by atoms with Crippen LogP contribution in [-0.4, -0.2) is 102 Å². The summed E-state index contributed by atoms with van der Waals surface area (Å²) < 4.78 is 6.39. The van der Waals surface area contributed by atoms with Crippen LogP contribution in [0.4, 0.5) is 11.5 Å². The Bertz CT molecular complexity index is 1910. The molecule has 3 saturated heterocycles. The van der Waals surface area contributed by atoms with Gasteiger partial charge in [-0.25, -0.2) is 0 Å². The van der Waals surface area contributed by atoms with Crippen LogP contribution in [-0.2, 0) is 24.3 Å². The van der Waals surface area contributed by atoms with Gasteiger partial charge in [0.2, 0.25) is 5.91 Å². The van der Waals surface area contributed by atoms with Crippen LogP contribution in [0.2, 0.25) is 0 Å². The van der Waals surface area contributed by atoms with Crippen LogP contribution >= 0.6 is 0 Å². The van der Waals surface area contributed by atoms with Crippen LogP contribution in [0.1, 0.15) is 41.6 Å². The first kappa shape index (κ1) is 32.5. The van der Waals surface area contributed by atoms with Crippen molar-refractivity contribution in [2.75, 3.05) is 62.7 Å². The van der Waals surface area contributed by atoms with E-state index in [1.165, 1.54) is 34.0 Å². The van der Waals surface area contributed by atoms with Crippen molar-refractivity contribution in [1.82, 2.24) is 24.7 Å². The van der Waals surface area contributed by atoms with Crippen molar-refractivity contribution in [1.29, 1.82) is 5.26 Å². The molecule has 1 unspecified atom stereocenters. The van der Waals surface area contributed by atoms with E-state index in [2.05, 4.69) is 88.2 Å². The molecular formula is C40H46N8O2. The second kappa shape index (κ2) is 13.9. The molecule has 0 bridgehead atoms. The van der Waals surface area contributed by atoms with E-state index in [4.69, 9.17) is 14.7 Å². The van der Waals surface area contributed by atoms with Gasteiger partial charge in [-0.15, -0.1) is 0 Å². The molecule has 1 aromatic heterocycles. The number of carbonyl (C=O) groups is 1. The number of hydrogen-bond acceptors (Lipinski definition) is 9. The molecule has 50 heavy (non-hydrogen) atoms. The number of aromatic nitrogens is 2. The molecule has 0 aliphatic carbocycles. The zero-order valence-electron chi connectivity index (χ0n) is 29.2. The molecule has 0 radical (unpaired) electrons. The minimum absolute atomic E-state index is 0.118. The Morgan fingerprint density at radius 3 is 2.58 bits per heavy atom. The first-order valence-electron chi connectivity index (χ1n) is 18.1. The van der Waals surface area contributed by atoms with Crippen molar-refractivity contribution < 1.29 is 9.53 Å². The number of likely N-dealkylation sites (N-methyl/N-ethyl adjacent to an activating group) is 1. The molecule has 1 amide bonds. The number of nitrogens with zero attached hydrogens (tertiary/aromatic N) is 8. The Balaban J connectivity index is 1.05. The summed E-state index contributed by atoms with van der Waals surface area (Å²) in [6.45, 7) is 8.63. The van der Waals surface area contributed by atoms with Crippen LogP contribution in [0.3, 0.4) is 0 Å². The molecule has 4 aromatic rings. The second-order valence-corrected chi connectivity index (χ2v) is 14.4. The number of fused-ring (bicyclic) bond motifs is 2. The maximum Gasteiger partial charge on any atom is 0.318 e. The van der Waals surface area contributed by atoms with E-state index < -0.39 is 0 Å². The minimum Gasteiger partial charge on any atom is -0.462 e. The van der Waals surface area contributed by atoms with Gasteiger partial charge in [-0.05, 0) is 62.4 Å². The second-order valence-electron chi connectivity index (χ2n) is 14.4. The third-order valence-corrected chi connectivity index (χ3v) is 11.2. The molecule has 10 heteroatoms. The minimum atomic E-state index is -0.207. The quantitative estimate of drug-likeness (QED) is 0.233. The maximum absolute atomic E-state index is 13.8. The first-order valence-corrected chi connectivity index (χ1v) is 18.1. The zero-order valence-corrected chi connectivity index (χ0v) is 29.2. The summed E-state index contributed by atoms with van der Waals surface area (Å²) in [5.41, 5.74) is 5.84. The molecular weight excluding hydrogens is 624 g/mol. The normalized spacial score (nSPS) is 23.5. The summed E-state index contributed by atoms with van der Waals surface area (Å²) in [5, 5.41) is 12.4. The number of amides is 1. The number of piperazine rings is 1. The van der Waals surface area contributed by atoms with Gasteiger partial charge in [-0.3, -0.25) is 9.69 Å². The van der Waals surface area contributed by atoms with Crippen molar-refractivity contribution in [3.8, 4) is 12.1 Å². The lowest BCUT2D eigenvalue weighted by Gasteiger charge is -2.42. The van der Waals surface area contributed by atoms with Gasteiger partial charge >= 0.3 is 6.01 Å². The fourth-order valence-corrected chi connectivity index (χ4v) is 8.26. The molecule has 5 heterocycles. The molecule has 0 N–H and O–H groups in total. The molecule has 10 nitrogen and oxygen atoms in total. The molecule has 4 aliphatic rings. The van der Waals surface area contributed by atoms with Crippen molar-refractivity contribution in [3.05, 3.63) is 89.1 Å². The predicted molar refractivity (Wildman–Crippen MR) is 195 cm³/mol. The number of anilines is 2. The monoisotopic (exact) mass is 670 g/mol. The number of aryl methyl sites for hydroxylation is 1. The molecule has 3 aromatic carbocycles. The number of likely N-dealkylation sites (tertiary alicyclic amines) is 1. The molecule has 3 fully saturated rings. The van der Waals surface area contributed by atoms with Gasteiger partial charge in [0, 0.05) is 61.9 Å². The van der Waals surface area contributed by atoms with Crippen molar-refractivity contribution in [2.45, 2.75) is 63.8 Å². The first-order chi connectivity index (χ1) is 24.5. The van der Waals surface area contributed by atoms with E-state index >= 15 is 0 Å². The van der Waals surface area contributed by atoms with Crippen LogP contribution in [0.25, 0.3) is 10.8 Å². The highest BCUT2D eigenvalue weighted by atomic mass is 16.5. The highest BCUT2D eigenvalue weighted by molar-refractivity contribution is 5.97. The SMILES string of the molecule is Cc1cccc2cccc(N3CCc4c(nc(OC[C@@H]5CCCN5C)nc4N4CCN(C(=O)[C@H]5CN5Cc5ccccc5)[C@@H](CC#N)C4)C3)c12. The number of hydrogen-bond donors (Lipinski definition) is 0. The van der Waals surface area contributed by atoms with E-state index in [9.17, 15) is 10.1 Å². The van der Waals surface area contributed by atoms with Gasteiger partial charge in [0.05, 0.1) is 30.8 Å². The van der Waals surface area contributed by atoms with Gasteiger partial charge in [-0.2, -0.15) is 15.2 Å². The standard InChI is InChI=1S/C40H46N8O2/c1-28-9-6-12-30-13-7-15-35(37(28)30)45-20-17-33-34(25-45)42-40(50-27-32-14-8-19-44(32)2)43-38(33)46-21-22-48(31(24-46)16-18-41)39(49)36-26-47(36)23-29-10-4-3-5-11-29/h3-7,9-13,15,31-32,36H,8,14,16-17,19-27H2,1-2H3/t31-,32-,36+,47?/m0/s1. The Labute approximate surface area is 294 Å². The third-order valence-electron chi connectivity index (χ3n) is 11.2. The van der Waals surface area contributed by atoms with Crippen LogP contribution in [0.15, 0.2) is 66.7 Å². The van der Waals surface area contributed by atoms with E-state index in [1.54, 1.807) is 0 Å². The lowest BCUT2D eigenvalue weighted by atomic mass is 9.99. The summed E-state index contributed by atoms with van der Waals surface area (Å²) in [6.07, 6.45) is 3.37. The number of carbonyl (C=O) groups excluding carboxylic acids is 1. The Morgan fingerprint density at radius 2 is 1.78 bits per heavy atom. The summed E-state index contributed by atoms with van der Waals surface area (Å²) in [7, 11) is 2.16. The summed E-state index contributed by atoms with van der Waals surface area (Å²) in [5.74, 6) is 1.03. The Hall–Kier alpha value is -4.72. The molecule has 0 spiro atoms. The molecule has 4 atom stereocenters. The Kier molecular flexibility index (Phi) is 9.02. The average Bonchev–Trinajstić information content (AvgIpc) is 3.78. The topological polar surface area (TPSA) is 91.8 Å². The number of ether oxygens (including phenoxy) is 1. The number of benzene rings is 3. The molecule has 258 valence electrons. The van der Waals surface area contributed by atoms with Crippen molar-refractivity contribution in [2.24, 2.45) is 0 Å². The lowest BCUT2D eigenvalue weighted by molar-refractivity contribution is -0.134. The largest absolute Gasteiger partial charge is 0.462 e. The fraction of sp³-hybridized carbons (Fsp3) is 0.450. The van der Waals surface area contributed by atoms with Gasteiger partial charge in [0.25, 0.3) is 0 Å². The molecule has 4 aliphatic heterocycles. The van der Waals surface area contributed by atoms with Crippen LogP contribution in [0, 0.1) is 18.3 Å². The molecule has 0 saturated carbocycles. The average molecular weight is 671 g/mol. The van der Waals surface area contributed by atoms with Crippen molar-refractivity contribution in [3.63, 3.8) is 0 Å². The van der Waals surface area contributed by atoms with Gasteiger partial charge in [-0.1, -0.05) is 60.7 Å². The Morgan fingerprint density at radius 1 is 0.940 bits per heavy atom. The fourth-order valence-electron chi connectivity index (χ4n) is 8.26. The predicted octanol–water partition coefficient (Wildman–Crippen LogP) is 4.79. The van der Waals surface area contributed by atoms with Gasteiger partial charge < -0.3 is 24.3 Å². The van der Waals surface area contributed by atoms with E-state index in [0.29, 0.717) is 44.8 Å². The highest BCUT2D eigenvalue weighted by Gasteiger charge is 2.45. The number of nitriles is 1. The van der Waals surface area contributed by atoms with Crippen molar-refractivity contribution >= 4 is 28.2 Å². The zero-order chi connectivity index (χ0) is 34.2. The third kappa shape index (κ3) is 6.48. The smallest absolute Gasteiger partial charge is 0.318 e. The van der Waals surface area contributed by atoms with Gasteiger partial charge in [0.15, 0.2) is 0 Å². The highest BCUT2D eigenvalue weighted by Crippen LogP contribution is 2.36. The van der Waals surface area contributed by atoms with Crippen LogP contribution in [0.5, 0.6) is 6.01 Å². The van der Waals surface area contributed by atoms with Crippen LogP contribution < -0.4 is 14.5 Å². The van der Waals surface area contributed by atoms with E-state index in [0.717, 1.165) is 56.1 Å². The summed E-state index contributed by atoms with van der Waals surface area (Å²) in [6, 6.07) is 26.1. The van der Waals surface area contributed by atoms with E-state index in [1.807, 2.05) is 23.1 Å². The lowest BCUT2D eigenvalue weighted by Crippen LogP contribution is -2.57.